The zero-order valence-electron chi connectivity index (χ0n) is 10.4. The minimum atomic E-state index is -0.407. The maximum atomic E-state index is 10.6. The van der Waals surface area contributed by atoms with Gasteiger partial charge in [-0.25, -0.2) is 4.98 Å². The van der Waals surface area contributed by atoms with Crippen LogP contribution < -0.4 is 5.32 Å². The molecule has 5 heteroatoms. The van der Waals surface area contributed by atoms with Crippen LogP contribution in [0.25, 0.3) is 0 Å². The largest absolute Gasteiger partial charge is 0.370 e. The molecule has 0 bridgehead atoms. The minimum Gasteiger partial charge on any atom is -0.370 e. The molecular weight excluding hydrogens is 218 g/mol. The summed E-state index contributed by atoms with van der Waals surface area (Å²) < 4.78 is 0. The van der Waals surface area contributed by atoms with E-state index in [1.807, 2.05) is 0 Å². The van der Waals surface area contributed by atoms with Gasteiger partial charge in [-0.1, -0.05) is 13.8 Å². The second-order valence-electron chi connectivity index (χ2n) is 5.38. The molecule has 1 aliphatic rings. The first-order chi connectivity index (χ1) is 7.90. The highest BCUT2D eigenvalue weighted by molar-refractivity contribution is 5.46. The van der Waals surface area contributed by atoms with Crippen LogP contribution in [0.15, 0.2) is 12.3 Å². The van der Waals surface area contributed by atoms with E-state index < -0.39 is 4.92 Å². The summed E-state index contributed by atoms with van der Waals surface area (Å²) in [6.07, 6.45) is 2.54. The summed E-state index contributed by atoms with van der Waals surface area (Å²) in [6.45, 7) is 7.10. The maximum Gasteiger partial charge on any atom is 0.290 e. The number of hydrogen-bond acceptors (Lipinski definition) is 4. The van der Waals surface area contributed by atoms with E-state index in [1.54, 1.807) is 13.0 Å². The highest BCUT2D eigenvalue weighted by Gasteiger charge is 2.44. The number of aryl methyl sites for hydroxylation is 1. The van der Waals surface area contributed by atoms with Crippen molar-refractivity contribution in [2.75, 3.05) is 11.9 Å². The fourth-order valence-corrected chi connectivity index (χ4v) is 1.99. The van der Waals surface area contributed by atoms with Crippen LogP contribution in [0.4, 0.5) is 11.5 Å². The van der Waals surface area contributed by atoms with Crippen molar-refractivity contribution in [1.29, 1.82) is 0 Å². The zero-order chi connectivity index (χ0) is 12.6. The second kappa shape index (κ2) is 3.98. The molecule has 1 aromatic heterocycles. The van der Waals surface area contributed by atoms with Crippen molar-refractivity contribution < 1.29 is 4.92 Å². The molecule has 2 rings (SSSR count). The summed E-state index contributed by atoms with van der Waals surface area (Å²) in [5.41, 5.74) is 1.15. The average Bonchev–Trinajstić information content (AvgIpc) is 2.83. The quantitative estimate of drug-likeness (QED) is 0.643. The van der Waals surface area contributed by atoms with Crippen molar-refractivity contribution in [2.24, 2.45) is 11.3 Å². The third-order valence-electron chi connectivity index (χ3n) is 3.53. The van der Waals surface area contributed by atoms with Crippen LogP contribution in [0.3, 0.4) is 0 Å². The number of nitro groups is 1. The molecule has 0 aliphatic heterocycles. The average molecular weight is 235 g/mol. The summed E-state index contributed by atoms with van der Waals surface area (Å²) in [6, 6.07) is 1.73. The van der Waals surface area contributed by atoms with Crippen molar-refractivity contribution >= 4 is 11.5 Å². The number of pyridine rings is 1. The molecule has 0 radical (unpaired) electrons. The molecule has 17 heavy (non-hydrogen) atoms. The SMILES string of the molecule is Cc1cc(NCC2CC2(C)C)ncc1[N+](=O)[O-]. The van der Waals surface area contributed by atoms with E-state index in [9.17, 15) is 10.1 Å². The van der Waals surface area contributed by atoms with E-state index in [-0.39, 0.29) is 5.69 Å². The van der Waals surface area contributed by atoms with Gasteiger partial charge in [0.1, 0.15) is 12.0 Å². The fraction of sp³-hybridized carbons (Fsp3) is 0.583. The number of rotatable bonds is 4. The van der Waals surface area contributed by atoms with Gasteiger partial charge >= 0.3 is 0 Å². The molecule has 1 unspecified atom stereocenters. The van der Waals surface area contributed by atoms with Gasteiger partial charge in [-0.05, 0) is 30.7 Å². The Hall–Kier alpha value is -1.65. The lowest BCUT2D eigenvalue weighted by Gasteiger charge is -2.07. The molecule has 0 saturated heterocycles. The Morgan fingerprint density at radius 3 is 2.76 bits per heavy atom. The van der Waals surface area contributed by atoms with Crippen molar-refractivity contribution in [1.82, 2.24) is 4.98 Å². The third kappa shape index (κ3) is 2.54. The Labute approximate surface area is 100 Å². The van der Waals surface area contributed by atoms with Gasteiger partial charge < -0.3 is 5.32 Å². The zero-order valence-corrected chi connectivity index (χ0v) is 10.4. The molecule has 1 aliphatic carbocycles. The molecule has 1 aromatic rings. The van der Waals surface area contributed by atoms with Crippen LogP contribution in [0.5, 0.6) is 0 Å². The molecule has 0 aromatic carbocycles. The number of nitrogens with one attached hydrogen (secondary N) is 1. The van der Waals surface area contributed by atoms with Crippen molar-refractivity contribution in [3.63, 3.8) is 0 Å². The second-order valence-corrected chi connectivity index (χ2v) is 5.38. The molecule has 92 valence electrons. The standard InChI is InChI=1S/C12H17N3O2/c1-8-4-11(14-7-10(8)15(16)17)13-6-9-5-12(9,2)3/h4,7,9H,5-6H2,1-3H3,(H,13,14). The lowest BCUT2D eigenvalue weighted by Crippen LogP contribution is -2.08. The summed E-state index contributed by atoms with van der Waals surface area (Å²) in [4.78, 5) is 14.3. The predicted octanol–water partition coefficient (Wildman–Crippen LogP) is 2.76. The lowest BCUT2D eigenvalue weighted by atomic mass is 10.1. The van der Waals surface area contributed by atoms with Gasteiger partial charge in [-0.2, -0.15) is 0 Å². The van der Waals surface area contributed by atoms with Gasteiger partial charge in [-0.3, -0.25) is 10.1 Å². The van der Waals surface area contributed by atoms with Gasteiger partial charge in [0.2, 0.25) is 0 Å². The molecule has 0 spiro atoms. The van der Waals surface area contributed by atoms with Crippen LogP contribution in [0.1, 0.15) is 25.8 Å². The summed E-state index contributed by atoms with van der Waals surface area (Å²) in [7, 11) is 0. The third-order valence-corrected chi connectivity index (χ3v) is 3.53. The molecule has 1 atom stereocenters. The number of nitrogens with zero attached hydrogens (tertiary/aromatic N) is 2. The smallest absolute Gasteiger partial charge is 0.290 e. The van der Waals surface area contributed by atoms with Gasteiger partial charge in [0.05, 0.1) is 4.92 Å². The molecule has 1 heterocycles. The van der Waals surface area contributed by atoms with E-state index in [1.165, 1.54) is 12.6 Å². The first-order valence-electron chi connectivity index (χ1n) is 5.75. The first-order valence-corrected chi connectivity index (χ1v) is 5.75. The fourth-order valence-electron chi connectivity index (χ4n) is 1.99. The number of hydrogen-bond donors (Lipinski definition) is 1. The van der Waals surface area contributed by atoms with Gasteiger partial charge in [-0.15, -0.1) is 0 Å². The van der Waals surface area contributed by atoms with Gasteiger partial charge in [0, 0.05) is 12.1 Å². The van der Waals surface area contributed by atoms with Crippen LogP contribution in [0, 0.1) is 28.4 Å². The maximum absolute atomic E-state index is 10.6. The first kappa shape index (κ1) is 11.8. The Bertz CT molecular complexity index is 457. The molecule has 1 saturated carbocycles. The minimum absolute atomic E-state index is 0.0716. The Kier molecular flexibility index (Phi) is 2.77. The molecule has 1 N–H and O–H groups in total. The molecule has 5 nitrogen and oxygen atoms in total. The molecule has 1 fully saturated rings. The Morgan fingerprint density at radius 1 is 1.65 bits per heavy atom. The summed E-state index contributed by atoms with van der Waals surface area (Å²) in [5, 5.41) is 13.9. The number of aromatic nitrogens is 1. The van der Waals surface area contributed by atoms with Crippen LogP contribution in [-0.2, 0) is 0 Å². The monoisotopic (exact) mass is 235 g/mol. The summed E-state index contributed by atoms with van der Waals surface area (Å²) in [5.74, 6) is 1.40. The van der Waals surface area contributed by atoms with E-state index in [0.29, 0.717) is 16.9 Å². The number of anilines is 1. The van der Waals surface area contributed by atoms with Gasteiger partial charge in [0.25, 0.3) is 5.69 Å². The van der Waals surface area contributed by atoms with Crippen molar-refractivity contribution in [3.8, 4) is 0 Å². The topological polar surface area (TPSA) is 68.1 Å². The normalized spacial score (nSPS) is 21.0. The highest BCUT2D eigenvalue weighted by Crippen LogP contribution is 2.51. The van der Waals surface area contributed by atoms with E-state index in [4.69, 9.17) is 0 Å². The van der Waals surface area contributed by atoms with E-state index >= 15 is 0 Å². The van der Waals surface area contributed by atoms with Crippen molar-refractivity contribution in [2.45, 2.75) is 27.2 Å². The van der Waals surface area contributed by atoms with Crippen LogP contribution >= 0.6 is 0 Å². The Balaban J connectivity index is 1.98. The van der Waals surface area contributed by atoms with Gasteiger partial charge in [0.15, 0.2) is 0 Å². The van der Waals surface area contributed by atoms with Crippen LogP contribution in [-0.4, -0.2) is 16.5 Å². The van der Waals surface area contributed by atoms with Crippen LogP contribution in [0.2, 0.25) is 0 Å². The van der Waals surface area contributed by atoms with E-state index in [0.717, 1.165) is 12.4 Å². The summed E-state index contributed by atoms with van der Waals surface area (Å²) >= 11 is 0. The molecular formula is C12H17N3O2. The van der Waals surface area contributed by atoms with E-state index in [2.05, 4.69) is 24.1 Å². The van der Waals surface area contributed by atoms with Crippen molar-refractivity contribution in [3.05, 3.63) is 27.9 Å². The Morgan fingerprint density at radius 2 is 2.29 bits per heavy atom. The highest BCUT2D eigenvalue weighted by atomic mass is 16.6. The predicted molar refractivity (Wildman–Crippen MR) is 66.0 cm³/mol. The molecule has 0 amide bonds. The lowest BCUT2D eigenvalue weighted by molar-refractivity contribution is -0.385.